The van der Waals surface area contributed by atoms with Gasteiger partial charge in [-0.1, -0.05) is 28.1 Å². The van der Waals surface area contributed by atoms with Crippen molar-refractivity contribution in [2.75, 3.05) is 5.73 Å². The van der Waals surface area contributed by atoms with Gasteiger partial charge in [0.05, 0.1) is 0 Å². The number of rotatable bonds is 3. The lowest BCUT2D eigenvalue weighted by Crippen LogP contribution is -2.06. The molecule has 86 valence electrons. The van der Waals surface area contributed by atoms with E-state index in [0.29, 0.717) is 11.3 Å². The molecule has 3 nitrogen and oxygen atoms in total. The number of Topliss-reactive ketones (excluding diaryl/α,β-unsaturated/α-hetero) is 1. The molecule has 2 rings (SSSR count). The fourth-order valence-corrected chi connectivity index (χ4v) is 1.76. The number of nitrogens with zero attached hydrogens (tertiary/aromatic N) is 1. The number of carbonyl (C=O) groups excluding carboxylic acids is 1. The summed E-state index contributed by atoms with van der Waals surface area (Å²) in [4.78, 5) is 15.9. The van der Waals surface area contributed by atoms with Gasteiger partial charge in [-0.05, 0) is 18.2 Å². The number of benzene rings is 1. The first-order valence-corrected chi connectivity index (χ1v) is 5.93. The molecule has 0 spiro atoms. The van der Waals surface area contributed by atoms with E-state index in [0.717, 1.165) is 10.0 Å². The molecule has 4 heteroatoms. The van der Waals surface area contributed by atoms with Gasteiger partial charge in [-0.3, -0.25) is 9.78 Å². The minimum absolute atomic E-state index is 0.0391. The summed E-state index contributed by atoms with van der Waals surface area (Å²) in [7, 11) is 0. The molecule has 0 radical (unpaired) electrons. The van der Waals surface area contributed by atoms with Crippen molar-refractivity contribution in [3.8, 4) is 0 Å². The topological polar surface area (TPSA) is 56.0 Å². The second-order valence-corrected chi connectivity index (χ2v) is 4.60. The summed E-state index contributed by atoms with van der Waals surface area (Å²) in [6.07, 6.45) is 3.52. The fraction of sp³-hybridized carbons (Fsp3) is 0.0769. The summed E-state index contributed by atoms with van der Waals surface area (Å²) in [5.74, 6) is 0.0391. The SMILES string of the molecule is Nc1ccncc1CC(=O)c1ccc(Br)cc1. The highest BCUT2D eigenvalue weighted by Crippen LogP contribution is 2.15. The largest absolute Gasteiger partial charge is 0.398 e. The number of halogens is 1. The Balaban J connectivity index is 2.17. The summed E-state index contributed by atoms with van der Waals surface area (Å²) in [6, 6.07) is 8.97. The Kier molecular flexibility index (Phi) is 3.54. The van der Waals surface area contributed by atoms with Crippen molar-refractivity contribution in [2.24, 2.45) is 0 Å². The lowest BCUT2D eigenvalue weighted by atomic mass is 10.0. The Labute approximate surface area is 108 Å². The average Bonchev–Trinajstić information content (AvgIpc) is 2.33. The van der Waals surface area contributed by atoms with Crippen molar-refractivity contribution in [1.82, 2.24) is 4.98 Å². The van der Waals surface area contributed by atoms with Gasteiger partial charge < -0.3 is 5.73 Å². The van der Waals surface area contributed by atoms with Crippen LogP contribution in [0.5, 0.6) is 0 Å². The number of nitrogens with two attached hydrogens (primary N) is 1. The molecule has 17 heavy (non-hydrogen) atoms. The molecule has 0 unspecified atom stereocenters. The maximum absolute atomic E-state index is 12.0. The Morgan fingerprint density at radius 3 is 2.59 bits per heavy atom. The second-order valence-electron chi connectivity index (χ2n) is 3.68. The number of carbonyl (C=O) groups is 1. The number of hydrogen-bond donors (Lipinski definition) is 1. The molecule has 0 aliphatic carbocycles. The predicted octanol–water partition coefficient (Wildman–Crippen LogP) is 2.85. The van der Waals surface area contributed by atoms with Crippen molar-refractivity contribution < 1.29 is 4.79 Å². The first kappa shape index (κ1) is 11.8. The standard InChI is InChI=1S/C13H11BrN2O/c14-11-3-1-9(2-4-11)13(17)7-10-8-16-6-5-12(10)15/h1-6,8H,7H2,(H2,15,16). The van der Waals surface area contributed by atoms with Gasteiger partial charge in [0, 0.05) is 40.1 Å². The lowest BCUT2D eigenvalue weighted by molar-refractivity contribution is 0.0993. The van der Waals surface area contributed by atoms with Crippen LogP contribution in [-0.2, 0) is 6.42 Å². The van der Waals surface area contributed by atoms with E-state index in [9.17, 15) is 4.79 Å². The van der Waals surface area contributed by atoms with Gasteiger partial charge in [0.2, 0.25) is 0 Å². The average molecular weight is 291 g/mol. The number of anilines is 1. The second kappa shape index (κ2) is 5.10. The van der Waals surface area contributed by atoms with Crippen molar-refractivity contribution in [1.29, 1.82) is 0 Å². The zero-order valence-corrected chi connectivity index (χ0v) is 10.6. The molecule has 0 aliphatic heterocycles. The molecule has 1 aromatic heterocycles. The van der Waals surface area contributed by atoms with Gasteiger partial charge in [0.25, 0.3) is 0 Å². The first-order valence-electron chi connectivity index (χ1n) is 5.14. The third kappa shape index (κ3) is 2.91. The van der Waals surface area contributed by atoms with E-state index in [1.54, 1.807) is 30.6 Å². The third-order valence-electron chi connectivity index (χ3n) is 2.46. The number of nitrogen functional groups attached to an aromatic ring is 1. The molecule has 0 saturated carbocycles. The molecule has 0 atom stereocenters. The van der Waals surface area contributed by atoms with Gasteiger partial charge >= 0.3 is 0 Å². The van der Waals surface area contributed by atoms with E-state index < -0.39 is 0 Å². The molecule has 0 aliphatic rings. The van der Waals surface area contributed by atoms with Crippen molar-refractivity contribution in [2.45, 2.75) is 6.42 Å². The Hall–Kier alpha value is -1.68. The maximum atomic E-state index is 12.0. The maximum Gasteiger partial charge on any atom is 0.167 e. The zero-order chi connectivity index (χ0) is 12.3. The Bertz CT molecular complexity index is 537. The fourth-order valence-electron chi connectivity index (χ4n) is 1.50. The molecule has 0 amide bonds. The Morgan fingerprint density at radius 2 is 1.94 bits per heavy atom. The minimum Gasteiger partial charge on any atom is -0.398 e. The van der Waals surface area contributed by atoms with Crippen LogP contribution in [0.15, 0.2) is 47.2 Å². The van der Waals surface area contributed by atoms with Crippen LogP contribution in [0.25, 0.3) is 0 Å². The number of hydrogen-bond acceptors (Lipinski definition) is 3. The van der Waals surface area contributed by atoms with Crippen LogP contribution < -0.4 is 5.73 Å². The minimum atomic E-state index is 0.0391. The quantitative estimate of drug-likeness (QED) is 0.885. The van der Waals surface area contributed by atoms with Crippen LogP contribution in [0, 0.1) is 0 Å². The van der Waals surface area contributed by atoms with Gasteiger partial charge in [0.1, 0.15) is 0 Å². The number of aromatic nitrogens is 1. The molecule has 0 saturated heterocycles. The van der Waals surface area contributed by atoms with E-state index in [-0.39, 0.29) is 12.2 Å². The van der Waals surface area contributed by atoms with Crippen molar-refractivity contribution in [3.63, 3.8) is 0 Å². The highest BCUT2D eigenvalue weighted by molar-refractivity contribution is 9.10. The Morgan fingerprint density at radius 1 is 1.24 bits per heavy atom. The molecular formula is C13H11BrN2O. The van der Waals surface area contributed by atoms with E-state index in [4.69, 9.17) is 5.73 Å². The van der Waals surface area contributed by atoms with Crippen molar-refractivity contribution in [3.05, 3.63) is 58.3 Å². The van der Waals surface area contributed by atoms with E-state index in [1.165, 1.54) is 0 Å². The van der Waals surface area contributed by atoms with Crippen molar-refractivity contribution >= 4 is 27.4 Å². The highest BCUT2D eigenvalue weighted by Gasteiger charge is 2.08. The molecule has 0 bridgehead atoms. The van der Waals surface area contributed by atoms with Gasteiger partial charge in [-0.15, -0.1) is 0 Å². The van der Waals surface area contributed by atoms with Gasteiger partial charge in [-0.25, -0.2) is 0 Å². The number of ketones is 1. The molecule has 2 N–H and O–H groups in total. The zero-order valence-electron chi connectivity index (χ0n) is 9.06. The summed E-state index contributed by atoms with van der Waals surface area (Å²) in [5, 5.41) is 0. The van der Waals surface area contributed by atoms with E-state index in [1.807, 2.05) is 12.1 Å². The van der Waals surface area contributed by atoms with Crippen LogP contribution in [0.3, 0.4) is 0 Å². The molecule has 1 heterocycles. The van der Waals surface area contributed by atoms with E-state index >= 15 is 0 Å². The van der Waals surface area contributed by atoms with Gasteiger partial charge in [0.15, 0.2) is 5.78 Å². The van der Waals surface area contributed by atoms with Gasteiger partial charge in [-0.2, -0.15) is 0 Å². The molecule has 1 aromatic carbocycles. The smallest absolute Gasteiger partial charge is 0.167 e. The molecular weight excluding hydrogens is 280 g/mol. The normalized spacial score (nSPS) is 10.2. The summed E-state index contributed by atoms with van der Waals surface area (Å²) < 4.78 is 0.954. The summed E-state index contributed by atoms with van der Waals surface area (Å²) in [6.45, 7) is 0. The van der Waals surface area contributed by atoms with E-state index in [2.05, 4.69) is 20.9 Å². The van der Waals surface area contributed by atoms with Crippen LogP contribution in [0.1, 0.15) is 15.9 Å². The molecule has 2 aromatic rings. The number of pyridine rings is 1. The predicted molar refractivity (Wildman–Crippen MR) is 70.8 cm³/mol. The van der Waals surface area contributed by atoms with Crippen LogP contribution in [0.4, 0.5) is 5.69 Å². The first-order chi connectivity index (χ1) is 8.16. The van der Waals surface area contributed by atoms with Crippen LogP contribution in [0.2, 0.25) is 0 Å². The van der Waals surface area contributed by atoms with Crippen LogP contribution >= 0.6 is 15.9 Å². The summed E-state index contributed by atoms with van der Waals surface area (Å²) in [5.41, 5.74) is 7.82. The third-order valence-corrected chi connectivity index (χ3v) is 2.99. The monoisotopic (exact) mass is 290 g/mol. The summed E-state index contributed by atoms with van der Waals surface area (Å²) >= 11 is 3.33. The molecule has 0 fully saturated rings. The highest BCUT2D eigenvalue weighted by atomic mass is 79.9. The van der Waals surface area contributed by atoms with Crippen LogP contribution in [-0.4, -0.2) is 10.8 Å². The lowest BCUT2D eigenvalue weighted by Gasteiger charge is -2.04.